The van der Waals surface area contributed by atoms with Gasteiger partial charge in [0.05, 0.1) is 17.6 Å². The molecule has 0 unspecified atom stereocenters. The average Bonchev–Trinajstić information content (AvgIpc) is 3.15. The van der Waals surface area contributed by atoms with Gasteiger partial charge in [-0.2, -0.15) is 0 Å². The van der Waals surface area contributed by atoms with Crippen molar-refractivity contribution in [3.63, 3.8) is 0 Å². The van der Waals surface area contributed by atoms with E-state index in [2.05, 4.69) is 27.6 Å². The smallest absolute Gasteiger partial charge is 0.227 e. The van der Waals surface area contributed by atoms with Crippen molar-refractivity contribution < 1.29 is 4.79 Å². The first-order chi connectivity index (χ1) is 14.3. The van der Waals surface area contributed by atoms with Crippen LogP contribution in [-0.4, -0.2) is 26.6 Å². The minimum Gasteiger partial charge on any atom is -0.348 e. The summed E-state index contributed by atoms with van der Waals surface area (Å²) >= 11 is 13.8. The molecule has 0 saturated carbocycles. The maximum absolute atomic E-state index is 12.5. The first kappa shape index (κ1) is 22.7. The van der Waals surface area contributed by atoms with E-state index in [0.29, 0.717) is 10.8 Å². The molecular weight excluding hydrogens is 439 g/mol. The highest BCUT2D eigenvalue weighted by Gasteiger charge is 2.27. The Bertz CT molecular complexity index is 1020. The van der Waals surface area contributed by atoms with E-state index in [1.54, 1.807) is 11.8 Å². The molecule has 5 nitrogen and oxygen atoms in total. The second-order valence-corrected chi connectivity index (χ2v) is 9.29. The van der Waals surface area contributed by atoms with Crippen molar-refractivity contribution in [2.24, 2.45) is 5.41 Å². The van der Waals surface area contributed by atoms with Gasteiger partial charge in [0.15, 0.2) is 11.0 Å². The summed E-state index contributed by atoms with van der Waals surface area (Å²) in [4.78, 5) is 12.5. The molecule has 3 rings (SSSR count). The molecule has 1 heterocycles. The van der Waals surface area contributed by atoms with Crippen molar-refractivity contribution in [1.29, 1.82) is 0 Å². The second-order valence-electron chi connectivity index (χ2n) is 7.64. The van der Waals surface area contributed by atoms with Crippen LogP contribution in [-0.2, 0) is 17.1 Å². The zero-order chi connectivity index (χ0) is 21.7. The Morgan fingerprint density at radius 1 is 1.17 bits per heavy atom. The predicted octanol–water partition coefficient (Wildman–Crippen LogP) is 5.40. The molecule has 158 valence electrons. The van der Waals surface area contributed by atoms with Crippen LogP contribution in [0.2, 0.25) is 5.02 Å². The SMILES string of the molecule is Cc1ccc(Cl)cc1-n1c(CNC(=O)C(C)(C)CCl)nnc1SCc1ccccc1. The maximum atomic E-state index is 12.5. The van der Waals surface area contributed by atoms with Crippen LogP contribution in [0.15, 0.2) is 53.7 Å². The van der Waals surface area contributed by atoms with Crippen molar-refractivity contribution in [1.82, 2.24) is 20.1 Å². The van der Waals surface area contributed by atoms with Crippen molar-refractivity contribution in [2.45, 2.75) is 38.2 Å². The normalized spacial score (nSPS) is 11.5. The molecule has 1 aromatic heterocycles. The number of carbonyl (C=O) groups is 1. The van der Waals surface area contributed by atoms with E-state index >= 15 is 0 Å². The summed E-state index contributed by atoms with van der Waals surface area (Å²) in [5.74, 6) is 1.49. The molecule has 0 aliphatic heterocycles. The largest absolute Gasteiger partial charge is 0.348 e. The molecule has 1 N–H and O–H groups in total. The highest BCUT2D eigenvalue weighted by atomic mass is 35.5. The zero-order valence-corrected chi connectivity index (χ0v) is 19.5. The number of amides is 1. The summed E-state index contributed by atoms with van der Waals surface area (Å²) in [6, 6.07) is 15.9. The van der Waals surface area contributed by atoms with E-state index in [0.717, 1.165) is 22.2 Å². The lowest BCUT2D eigenvalue weighted by Crippen LogP contribution is -2.38. The lowest BCUT2D eigenvalue weighted by atomic mass is 9.95. The number of aryl methyl sites for hydroxylation is 1. The summed E-state index contributed by atoms with van der Waals surface area (Å²) < 4.78 is 1.96. The number of benzene rings is 2. The van der Waals surface area contributed by atoms with E-state index in [4.69, 9.17) is 23.2 Å². The van der Waals surface area contributed by atoms with Crippen LogP contribution < -0.4 is 5.32 Å². The number of aromatic nitrogens is 3. The standard InChI is InChI=1S/C22H24Cl2N4OS/c1-15-9-10-17(24)11-18(15)28-19(12-25-20(29)22(2,3)14-23)26-27-21(28)30-13-16-7-5-4-6-8-16/h4-11H,12-14H2,1-3H3,(H,25,29). The monoisotopic (exact) mass is 462 g/mol. The molecule has 30 heavy (non-hydrogen) atoms. The summed E-state index contributed by atoms with van der Waals surface area (Å²) in [5.41, 5.74) is 2.46. The molecular formula is C22H24Cl2N4OS. The van der Waals surface area contributed by atoms with E-state index in [-0.39, 0.29) is 18.3 Å². The molecule has 0 aliphatic carbocycles. The van der Waals surface area contributed by atoms with Crippen LogP contribution in [0.5, 0.6) is 0 Å². The number of halogens is 2. The first-order valence-electron chi connectivity index (χ1n) is 9.53. The van der Waals surface area contributed by atoms with Gasteiger partial charge >= 0.3 is 0 Å². The van der Waals surface area contributed by atoms with Gasteiger partial charge in [0.2, 0.25) is 5.91 Å². The van der Waals surface area contributed by atoms with Gasteiger partial charge in [-0.3, -0.25) is 9.36 Å². The van der Waals surface area contributed by atoms with E-state index < -0.39 is 5.41 Å². The van der Waals surface area contributed by atoms with Gasteiger partial charge in [-0.05, 0) is 44.0 Å². The molecule has 0 spiro atoms. The number of nitrogens with one attached hydrogen (secondary N) is 1. The Hall–Kier alpha value is -2.02. The van der Waals surface area contributed by atoms with Gasteiger partial charge in [-0.25, -0.2) is 0 Å². The molecule has 3 aromatic rings. The minimum atomic E-state index is -0.663. The fourth-order valence-electron chi connectivity index (χ4n) is 2.76. The molecule has 0 radical (unpaired) electrons. The third-order valence-electron chi connectivity index (χ3n) is 4.68. The Morgan fingerprint density at radius 2 is 1.90 bits per heavy atom. The number of hydrogen-bond donors (Lipinski definition) is 1. The third-order valence-corrected chi connectivity index (χ3v) is 6.58. The van der Waals surface area contributed by atoms with Gasteiger partial charge in [0.1, 0.15) is 0 Å². The Labute approximate surface area is 191 Å². The van der Waals surface area contributed by atoms with Crippen molar-refractivity contribution in [2.75, 3.05) is 5.88 Å². The number of nitrogens with zero attached hydrogens (tertiary/aromatic N) is 3. The quantitative estimate of drug-likeness (QED) is 0.359. The van der Waals surface area contributed by atoms with Crippen LogP contribution in [0.25, 0.3) is 5.69 Å². The second kappa shape index (κ2) is 9.86. The first-order valence-corrected chi connectivity index (χ1v) is 11.4. The van der Waals surface area contributed by atoms with Gasteiger partial charge in [0, 0.05) is 16.7 Å². The zero-order valence-electron chi connectivity index (χ0n) is 17.2. The Morgan fingerprint density at radius 3 is 2.60 bits per heavy atom. The van der Waals surface area contributed by atoms with Gasteiger partial charge in [0.25, 0.3) is 0 Å². The highest BCUT2D eigenvalue weighted by Crippen LogP contribution is 2.28. The molecule has 0 aliphatic rings. The fraction of sp³-hybridized carbons (Fsp3) is 0.318. The number of alkyl halides is 1. The highest BCUT2D eigenvalue weighted by molar-refractivity contribution is 7.98. The lowest BCUT2D eigenvalue weighted by Gasteiger charge is -2.20. The number of rotatable bonds is 8. The van der Waals surface area contributed by atoms with E-state index in [1.807, 2.05) is 61.7 Å². The summed E-state index contributed by atoms with van der Waals surface area (Å²) in [6.07, 6.45) is 0. The summed E-state index contributed by atoms with van der Waals surface area (Å²) in [7, 11) is 0. The molecule has 2 aromatic carbocycles. The van der Waals surface area contributed by atoms with Gasteiger partial charge in [-0.1, -0.05) is 59.8 Å². The number of carbonyl (C=O) groups excluding carboxylic acids is 1. The van der Waals surface area contributed by atoms with Crippen LogP contribution in [0, 0.1) is 12.3 Å². The lowest BCUT2D eigenvalue weighted by molar-refractivity contribution is -0.128. The molecule has 0 bridgehead atoms. The van der Waals surface area contributed by atoms with E-state index in [1.165, 1.54) is 5.56 Å². The number of hydrogen-bond acceptors (Lipinski definition) is 4. The molecule has 0 saturated heterocycles. The van der Waals surface area contributed by atoms with Crippen LogP contribution in [0.1, 0.15) is 30.8 Å². The molecule has 0 fully saturated rings. The van der Waals surface area contributed by atoms with Crippen LogP contribution >= 0.6 is 35.0 Å². The average molecular weight is 463 g/mol. The van der Waals surface area contributed by atoms with Crippen LogP contribution in [0.3, 0.4) is 0 Å². The predicted molar refractivity (Wildman–Crippen MR) is 123 cm³/mol. The summed E-state index contributed by atoms with van der Waals surface area (Å²) in [6.45, 7) is 5.87. The number of thioether (sulfide) groups is 1. The molecule has 0 atom stereocenters. The summed E-state index contributed by atoms with van der Waals surface area (Å²) in [5, 5.41) is 13.1. The van der Waals surface area contributed by atoms with Crippen molar-refractivity contribution >= 4 is 40.9 Å². The van der Waals surface area contributed by atoms with Crippen molar-refractivity contribution in [3.05, 3.63) is 70.5 Å². The fourth-order valence-corrected chi connectivity index (χ4v) is 3.96. The van der Waals surface area contributed by atoms with Gasteiger partial charge in [-0.15, -0.1) is 21.8 Å². The molecule has 1 amide bonds. The van der Waals surface area contributed by atoms with Crippen molar-refractivity contribution in [3.8, 4) is 5.69 Å². The Balaban J connectivity index is 1.91. The maximum Gasteiger partial charge on any atom is 0.227 e. The topological polar surface area (TPSA) is 59.8 Å². The van der Waals surface area contributed by atoms with Crippen LogP contribution in [0.4, 0.5) is 0 Å². The third kappa shape index (κ3) is 5.36. The molecule has 8 heteroatoms. The Kier molecular flexibility index (Phi) is 7.45. The van der Waals surface area contributed by atoms with E-state index in [9.17, 15) is 4.79 Å². The van der Waals surface area contributed by atoms with Gasteiger partial charge < -0.3 is 5.32 Å². The minimum absolute atomic E-state index is 0.131.